The van der Waals surface area contributed by atoms with E-state index < -0.39 is 5.97 Å². The van der Waals surface area contributed by atoms with E-state index in [9.17, 15) is 14.7 Å². The third kappa shape index (κ3) is 5.06. The van der Waals surface area contributed by atoms with Gasteiger partial charge in [-0.05, 0) is 49.4 Å². The van der Waals surface area contributed by atoms with Gasteiger partial charge in [-0.3, -0.25) is 4.79 Å². The molecule has 1 saturated heterocycles. The number of benzene rings is 1. The number of likely N-dealkylation sites (tertiary alicyclic amines) is 1. The Kier molecular flexibility index (Phi) is 6.62. The van der Waals surface area contributed by atoms with Crippen molar-refractivity contribution < 1.29 is 14.7 Å². The van der Waals surface area contributed by atoms with Crippen LogP contribution in [0.5, 0.6) is 0 Å². The molecule has 0 saturated carbocycles. The van der Waals surface area contributed by atoms with Crippen molar-refractivity contribution in [3.8, 4) is 0 Å². The lowest BCUT2D eigenvalue weighted by Gasteiger charge is -2.34. The van der Waals surface area contributed by atoms with Crippen LogP contribution in [0.2, 0.25) is 5.02 Å². The van der Waals surface area contributed by atoms with Gasteiger partial charge in [0, 0.05) is 41.1 Å². The number of carboxylic acids is 1. The van der Waals surface area contributed by atoms with Gasteiger partial charge in [0.15, 0.2) is 0 Å². The summed E-state index contributed by atoms with van der Waals surface area (Å²) in [6.07, 6.45) is 2.18. The van der Waals surface area contributed by atoms with Crippen molar-refractivity contribution >= 4 is 34.4 Å². The molecule has 2 heterocycles. The lowest BCUT2D eigenvalue weighted by atomic mass is 9.92. The Balaban J connectivity index is 1.55. The van der Waals surface area contributed by atoms with Crippen LogP contribution in [0.4, 0.5) is 0 Å². The van der Waals surface area contributed by atoms with E-state index in [1.54, 1.807) is 18.2 Å². The fourth-order valence-corrected chi connectivity index (χ4v) is 4.49. The largest absolute Gasteiger partial charge is 0.477 e. The number of H-pyrrole nitrogens is 1. The summed E-state index contributed by atoms with van der Waals surface area (Å²) in [6, 6.07) is 5.12. The molecule has 2 aromatic rings. The number of rotatable bonds is 7. The first-order chi connectivity index (χ1) is 13.3. The molecule has 152 valence electrons. The number of aromatic amines is 1. The fraction of sp³-hybridized carbons (Fsp3) is 0.524. The molecule has 6 nitrogen and oxygen atoms in total. The Labute approximate surface area is 170 Å². The van der Waals surface area contributed by atoms with Crippen molar-refractivity contribution in [3.05, 3.63) is 34.5 Å². The Morgan fingerprint density at radius 2 is 2.00 bits per heavy atom. The number of aromatic nitrogens is 1. The summed E-state index contributed by atoms with van der Waals surface area (Å²) in [5, 5.41) is 13.6. The second kappa shape index (κ2) is 8.97. The minimum atomic E-state index is -1.08. The number of carboxylic acid groups (broad SMARTS) is 1. The highest BCUT2D eigenvalue weighted by molar-refractivity contribution is 6.31. The van der Waals surface area contributed by atoms with Crippen molar-refractivity contribution in [2.24, 2.45) is 11.8 Å². The summed E-state index contributed by atoms with van der Waals surface area (Å²) < 4.78 is 0. The average Bonchev–Trinajstić information content (AvgIpc) is 2.96. The predicted molar refractivity (Wildman–Crippen MR) is 111 cm³/mol. The number of nitrogens with one attached hydrogen (secondary N) is 2. The number of fused-ring (bicyclic) bond motifs is 1. The maximum atomic E-state index is 12.4. The highest BCUT2D eigenvalue weighted by atomic mass is 35.5. The van der Waals surface area contributed by atoms with Crippen molar-refractivity contribution in [3.63, 3.8) is 0 Å². The van der Waals surface area contributed by atoms with Crippen LogP contribution in [0.3, 0.4) is 0 Å². The van der Waals surface area contributed by atoms with Crippen LogP contribution in [0, 0.1) is 11.8 Å². The van der Waals surface area contributed by atoms with Gasteiger partial charge in [-0.25, -0.2) is 4.79 Å². The number of halogens is 1. The normalized spacial score (nSPS) is 20.4. The number of carbonyl (C=O) groups is 2. The Morgan fingerprint density at radius 1 is 1.29 bits per heavy atom. The van der Waals surface area contributed by atoms with E-state index in [0.29, 0.717) is 28.0 Å². The van der Waals surface area contributed by atoms with Crippen molar-refractivity contribution in [1.29, 1.82) is 0 Å². The summed E-state index contributed by atoms with van der Waals surface area (Å²) in [7, 11) is 0. The summed E-state index contributed by atoms with van der Waals surface area (Å²) in [4.78, 5) is 29.3. The zero-order valence-electron chi connectivity index (χ0n) is 16.4. The number of aromatic carboxylic acids is 1. The van der Waals surface area contributed by atoms with E-state index in [-0.39, 0.29) is 18.0 Å². The minimum absolute atomic E-state index is 0.0136. The summed E-state index contributed by atoms with van der Waals surface area (Å²) in [5.41, 5.74) is 1.18. The molecular weight excluding hydrogens is 378 g/mol. The first-order valence-corrected chi connectivity index (χ1v) is 10.2. The molecule has 1 aliphatic heterocycles. The third-order valence-electron chi connectivity index (χ3n) is 5.34. The van der Waals surface area contributed by atoms with Gasteiger partial charge < -0.3 is 20.3 Å². The molecular formula is C21H28ClN3O3. The lowest BCUT2D eigenvalue weighted by molar-refractivity contribution is -0.120. The van der Waals surface area contributed by atoms with Crippen LogP contribution in [0.15, 0.2) is 18.2 Å². The number of piperidine rings is 1. The average molecular weight is 406 g/mol. The van der Waals surface area contributed by atoms with Crippen LogP contribution in [-0.4, -0.2) is 53.0 Å². The van der Waals surface area contributed by atoms with E-state index >= 15 is 0 Å². The second-order valence-electron chi connectivity index (χ2n) is 8.06. The van der Waals surface area contributed by atoms with Crippen LogP contribution in [-0.2, 0) is 11.2 Å². The molecule has 0 aliphatic carbocycles. The second-order valence-corrected chi connectivity index (χ2v) is 8.50. The van der Waals surface area contributed by atoms with E-state index in [4.69, 9.17) is 11.6 Å². The molecule has 1 aromatic heterocycles. The monoisotopic (exact) mass is 405 g/mol. The van der Waals surface area contributed by atoms with Gasteiger partial charge in [-0.2, -0.15) is 0 Å². The lowest BCUT2D eigenvalue weighted by Crippen LogP contribution is -2.40. The van der Waals surface area contributed by atoms with E-state index in [0.717, 1.165) is 37.9 Å². The Bertz CT molecular complexity index is 854. The molecule has 1 aromatic carbocycles. The van der Waals surface area contributed by atoms with E-state index in [1.807, 2.05) is 0 Å². The first kappa shape index (κ1) is 20.7. The van der Waals surface area contributed by atoms with Gasteiger partial charge in [0.25, 0.3) is 0 Å². The number of nitrogens with zero attached hydrogens (tertiary/aromatic N) is 1. The van der Waals surface area contributed by atoms with Crippen molar-refractivity contribution in [2.75, 3.05) is 26.2 Å². The van der Waals surface area contributed by atoms with Crippen LogP contribution in [0.25, 0.3) is 10.9 Å². The zero-order valence-corrected chi connectivity index (χ0v) is 17.2. The van der Waals surface area contributed by atoms with Crippen molar-refractivity contribution in [2.45, 2.75) is 33.1 Å². The molecule has 1 aliphatic rings. The van der Waals surface area contributed by atoms with Crippen LogP contribution < -0.4 is 5.32 Å². The van der Waals surface area contributed by atoms with Gasteiger partial charge in [0.05, 0.1) is 6.42 Å². The van der Waals surface area contributed by atoms with Crippen molar-refractivity contribution in [1.82, 2.24) is 15.2 Å². The van der Waals surface area contributed by atoms with Crippen LogP contribution in [0.1, 0.15) is 42.7 Å². The van der Waals surface area contributed by atoms with E-state index in [1.165, 1.54) is 6.42 Å². The molecule has 28 heavy (non-hydrogen) atoms. The molecule has 0 radical (unpaired) electrons. The number of carbonyl (C=O) groups excluding carboxylic acids is 1. The topological polar surface area (TPSA) is 85.4 Å². The maximum Gasteiger partial charge on any atom is 0.352 e. The Hall–Kier alpha value is -2.05. The number of hydrogen-bond acceptors (Lipinski definition) is 3. The third-order valence-corrected chi connectivity index (χ3v) is 5.57. The SMILES string of the molecule is C[C@@H]1C[C@@H](C)CN(CCCNC(=O)Cc2c(C(=O)O)[nH]c3ccc(Cl)cc23)C1. The van der Waals surface area contributed by atoms with Gasteiger partial charge in [-0.1, -0.05) is 25.4 Å². The maximum absolute atomic E-state index is 12.4. The number of hydrogen-bond donors (Lipinski definition) is 3. The highest BCUT2D eigenvalue weighted by Gasteiger charge is 2.22. The van der Waals surface area contributed by atoms with Gasteiger partial charge >= 0.3 is 5.97 Å². The minimum Gasteiger partial charge on any atom is -0.477 e. The smallest absolute Gasteiger partial charge is 0.352 e. The zero-order chi connectivity index (χ0) is 20.3. The molecule has 0 spiro atoms. The molecule has 0 bridgehead atoms. The molecule has 2 atom stereocenters. The highest BCUT2D eigenvalue weighted by Crippen LogP contribution is 2.26. The standard InChI is InChI=1S/C21H28ClN3O3/c1-13-8-14(2)12-25(11-13)7-3-6-23-19(26)10-17-16-9-15(22)4-5-18(16)24-20(17)21(27)28/h4-5,9,13-14,24H,3,6-8,10-12H2,1-2H3,(H,23,26)(H,27,28)/t13-,14-/m1/s1. The number of amides is 1. The molecule has 3 N–H and O–H groups in total. The van der Waals surface area contributed by atoms with Gasteiger partial charge in [0.1, 0.15) is 5.69 Å². The molecule has 3 rings (SSSR count). The summed E-state index contributed by atoms with van der Waals surface area (Å²) in [5.74, 6) is 0.190. The molecule has 7 heteroatoms. The first-order valence-electron chi connectivity index (χ1n) is 9.86. The summed E-state index contributed by atoms with van der Waals surface area (Å²) in [6.45, 7) is 8.38. The molecule has 1 fully saturated rings. The predicted octanol–water partition coefficient (Wildman–Crippen LogP) is 3.55. The van der Waals surface area contributed by atoms with E-state index in [2.05, 4.69) is 29.0 Å². The molecule has 1 amide bonds. The fourth-order valence-electron chi connectivity index (χ4n) is 4.31. The summed E-state index contributed by atoms with van der Waals surface area (Å²) >= 11 is 6.05. The Morgan fingerprint density at radius 3 is 2.68 bits per heavy atom. The van der Waals surface area contributed by atoms with Gasteiger partial charge in [-0.15, -0.1) is 0 Å². The van der Waals surface area contributed by atoms with Crippen LogP contribution >= 0.6 is 11.6 Å². The molecule has 0 unspecified atom stereocenters. The quantitative estimate of drug-likeness (QED) is 0.615. The van der Waals surface area contributed by atoms with Gasteiger partial charge in [0.2, 0.25) is 5.91 Å².